The molecule has 0 bridgehead atoms. The maximum absolute atomic E-state index is 10.7. The topological polar surface area (TPSA) is 92.0 Å². The summed E-state index contributed by atoms with van der Waals surface area (Å²) >= 11 is 0. The molecule has 5 nitrogen and oxygen atoms in total. The van der Waals surface area contributed by atoms with Gasteiger partial charge in [-0.3, -0.25) is 4.79 Å². The van der Waals surface area contributed by atoms with Gasteiger partial charge in [0.1, 0.15) is 5.82 Å². The maximum Gasteiger partial charge on any atom is 0.283 e. The third-order valence-electron chi connectivity index (χ3n) is 2.21. The normalized spacial score (nSPS) is 11.4. The lowest BCUT2D eigenvalue weighted by atomic mass is 10.1. The van der Waals surface area contributed by atoms with Crippen molar-refractivity contribution in [2.75, 3.05) is 0 Å². The number of nitrogens with zero attached hydrogens (tertiary/aromatic N) is 1. The quantitative estimate of drug-likeness (QED) is 0.549. The summed E-state index contributed by atoms with van der Waals surface area (Å²) in [6, 6.07) is 7.22. The second-order valence-corrected chi connectivity index (χ2v) is 3.46. The van der Waals surface area contributed by atoms with E-state index in [9.17, 15) is 9.90 Å². The first-order valence-electron chi connectivity index (χ1n) is 4.97. The van der Waals surface area contributed by atoms with E-state index in [2.05, 4.69) is 9.97 Å². The van der Waals surface area contributed by atoms with Gasteiger partial charge in [0.25, 0.3) is 5.91 Å². The monoisotopic (exact) mass is 229 g/mol. The number of carbonyl (C=O) groups excluding carboxylic acids is 1. The molecule has 0 radical (unpaired) electrons. The molecule has 2 aromatic rings. The van der Waals surface area contributed by atoms with Gasteiger partial charge in [0.15, 0.2) is 5.76 Å². The lowest BCUT2D eigenvalue weighted by molar-refractivity contribution is -0.116. The summed E-state index contributed by atoms with van der Waals surface area (Å²) in [5.74, 6) is -0.603. The molecule has 0 aliphatic carbocycles. The lowest BCUT2D eigenvalue weighted by Crippen LogP contribution is -2.12. The second-order valence-electron chi connectivity index (χ2n) is 3.46. The summed E-state index contributed by atoms with van der Waals surface area (Å²) in [7, 11) is 0. The largest absolute Gasteiger partial charge is 0.503 e. The Morgan fingerprint density at radius 2 is 2.29 bits per heavy atom. The van der Waals surface area contributed by atoms with E-state index in [4.69, 9.17) is 5.73 Å². The predicted molar refractivity (Wildman–Crippen MR) is 63.8 cm³/mol. The average Bonchev–Trinajstić information content (AvgIpc) is 2.82. The van der Waals surface area contributed by atoms with E-state index in [0.717, 1.165) is 11.4 Å². The summed E-state index contributed by atoms with van der Waals surface area (Å²) in [5.41, 5.74) is 6.48. The number of nitrogens with one attached hydrogen (secondary N) is 1. The Bertz CT molecular complexity index is 559. The smallest absolute Gasteiger partial charge is 0.283 e. The number of primary amides is 1. The number of hydrogen-bond donors (Lipinski definition) is 3. The van der Waals surface area contributed by atoms with Gasteiger partial charge in [-0.05, 0) is 17.7 Å². The fourth-order valence-corrected chi connectivity index (χ4v) is 1.43. The van der Waals surface area contributed by atoms with Crippen LogP contribution >= 0.6 is 0 Å². The fraction of sp³-hybridized carbons (Fsp3) is 0. The zero-order valence-corrected chi connectivity index (χ0v) is 8.92. The lowest BCUT2D eigenvalue weighted by Gasteiger charge is -1.99. The Balaban J connectivity index is 2.36. The van der Waals surface area contributed by atoms with E-state index in [1.165, 1.54) is 6.08 Å². The van der Waals surface area contributed by atoms with Crippen molar-refractivity contribution in [1.82, 2.24) is 9.97 Å². The van der Waals surface area contributed by atoms with Crippen LogP contribution in [-0.2, 0) is 4.79 Å². The van der Waals surface area contributed by atoms with Crippen molar-refractivity contribution < 1.29 is 9.90 Å². The summed E-state index contributed by atoms with van der Waals surface area (Å²) in [4.78, 5) is 17.8. The number of carbonyl (C=O) groups is 1. The van der Waals surface area contributed by atoms with Crippen LogP contribution < -0.4 is 5.73 Å². The number of rotatable bonds is 3. The summed E-state index contributed by atoms with van der Waals surface area (Å²) in [6.45, 7) is 0. The first-order valence-corrected chi connectivity index (χ1v) is 4.97. The van der Waals surface area contributed by atoms with Gasteiger partial charge in [0.05, 0.1) is 0 Å². The number of aromatic nitrogens is 2. The molecule has 1 aromatic carbocycles. The minimum Gasteiger partial charge on any atom is -0.503 e. The Morgan fingerprint density at radius 1 is 1.47 bits per heavy atom. The molecule has 0 atom stereocenters. The van der Waals surface area contributed by atoms with Gasteiger partial charge in [-0.15, -0.1) is 0 Å². The van der Waals surface area contributed by atoms with Crippen molar-refractivity contribution >= 4 is 12.0 Å². The molecule has 17 heavy (non-hydrogen) atoms. The fourth-order valence-electron chi connectivity index (χ4n) is 1.43. The number of imidazole rings is 1. The highest BCUT2D eigenvalue weighted by Crippen LogP contribution is 2.17. The van der Waals surface area contributed by atoms with E-state index < -0.39 is 11.7 Å². The molecule has 0 saturated heterocycles. The number of hydrogen-bond acceptors (Lipinski definition) is 3. The van der Waals surface area contributed by atoms with E-state index in [0.29, 0.717) is 5.56 Å². The van der Waals surface area contributed by atoms with E-state index in [1.807, 2.05) is 6.07 Å². The van der Waals surface area contributed by atoms with Crippen LogP contribution in [0.4, 0.5) is 0 Å². The number of H-pyrrole nitrogens is 1. The van der Waals surface area contributed by atoms with Crippen molar-refractivity contribution in [1.29, 1.82) is 0 Å². The standard InChI is InChI=1S/C12H11N3O2/c13-11(17)10(16)7-8-2-1-3-9(6-8)12-14-4-5-15-12/h1-7,16H,(H2,13,17)(H,14,15). The van der Waals surface area contributed by atoms with Gasteiger partial charge in [-0.25, -0.2) is 4.98 Å². The van der Waals surface area contributed by atoms with Crippen LogP contribution in [0.5, 0.6) is 0 Å². The molecule has 2 rings (SSSR count). The van der Waals surface area contributed by atoms with Gasteiger partial charge < -0.3 is 15.8 Å². The second kappa shape index (κ2) is 4.52. The van der Waals surface area contributed by atoms with Gasteiger partial charge in [-0.2, -0.15) is 0 Å². The molecule has 0 spiro atoms. The summed E-state index contributed by atoms with van der Waals surface area (Å²) in [5, 5.41) is 9.26. The zero-order chi connectivity index (χ0) is 12.3. The van der Waals surface area contributed by atoms with E-state index >= 15 is 0 Å². The van der Waals surface area contributed by atoms with Gasteiger partial charge in [0, 0.05) is 18.0 Å². The highest BCUT2D eigenvalue weighted by atomic mass is 16.3. The molecule has 0 unspecified atom stereocenters. The first-order chi connectivity index (χ1) is 8.16. The molecule has 1 amide bonds. The number of amides is 1. The van der Waals surface area contributed by atoms with Crippen molar-refractivity contribution in [2.24, 2.45) is 5.73 Å². The zero-order valence-electron chi connectivity index (χ0n) is 8.92. The average molecular weight is 229 g/mol. The van der Waals surface area contributed by atoms with Crippen molar-refractivity contribution in [3.05, 3.63) is 48.0 Å². The molecule has 0 fully saturated rings. The van der Waals surface area contributed by atoms with Gasteiger partial charge in [-0.1, -0.05) is 18.2 Å². The molecule has 0 aliphatic rings. The first kappa shape index (κ1) is 10.9. The van der Waals surface area contributed by atoms with Crippen LogP contribution in [0, 0.1) is 0 Å². The number of aromatic amines is 1. The Kier molecular flexibility index (Phi) is 2.91. The molecule has 0 aliphatic heterocycles. The van der Waals surface area contributed by atoms with Crippen LogP contribution in [-0.4, -0.2) is 21.0 Å². The Morgan fingerprint density at radius 3 is 2.94 bits per heavy atom. The molecule has 4 N–H and O–H groups in total. The maximum atomic E-state index is 10.7. The SMILES string of the molecule is NC(=O)C(O)=Cc1cccc(-c2ncc[nH]2)c1. The molecule has 86 valence electrons. The number of aliphatic hydroxyl groups excluding tert-OH is 1. The predicted octanol–water partition coefficient (Wildman–Crippen LogP) is 1.46. The molecule has 1 aromatic heterocycles. The number of aliphatic hydroxyl groups is 1. The summed E-state index contributed by atoms with van der Waals surface area (Å²) in [6.07, 6.45) is 4.69. The Labute approximate surface area is 97.6 Å². The summed E-state index contributed by atoms with van der Waals surface area (Å²) < 4.78 is 0. The van der Waals surface area contributed by atoms with Crippen LogP contribution in [0.3, 0.4) is 0 Å². The Hall–Kier alpha value is -2.56. The van der Waals surface area contributed by atoms with Crippen LogP contribution in [0.25, 0.3) is 17.5 Å². The van der Waals surface area contributed by atoms with Crippen molar-refractivity contribution in [3.63, 3.8) is 0 Å². The third-order valence-corrected chi connectivity index (χ3v) is 2.21. The van der Waals surface area contributed by atoms with Gasteiger partial charge >= 0.3 is 0 Å². The minimum absolute atomic E-state index is 0.471. The molecule has 5 heteroatoms. The molecule has 1 heterocycles. The highest BCUT2D eigenvalue weighted by molar-refractivity contribution is 5.94. The van der Waals surface area contributed by atoms with Crippen LogP contribution in [0.15, 0.2) is 42.4 Å². The number of nitrogens with two attached hydrogens (primary N) is 1. The van der Waals surface area contributed by atoms with E-state index in [-0.39, 0.29) is 0 Å². The number of benzene rings is 1. The van der Waals surface area contributed by atoms with Crippen LogP contribution in [0.2, 0.25) is 0 Å². The van der Waals surface area contributed by atoms with Crippen molar-refractivity contribution in [2.45, 2.75) is 0 Å². The van der Waals surface area contributed by atoms with E-state index in [1.54, 1.807) is 30.6 Å². The highest BCUT2D eigenvalue weighted by Gasteiger charge is 2.03. The third kappa shape index (κ3) is 2.52. The van der Waals surface area contributed by atoms with Crippen molar-refractivity contribution in [3.8, 4) is 11.4 Å². The van der Waals surface area contributed by atoms with Crippen LogP contribution in [0.1, 0.15) is 5.56 Å². The molecular formula is C12H11N3O2. The molecule has 0 saturated carbocycles. The van der Waals surface area contributed by atoms with Gasteiger partial charge in [0.2, 0.25) is 0 Å². The molecular weight excluding hydrogens is 218 g/mol. The minimum atomic E-state index is -0.853.